The van der Waals surface area contributed by atoms with E-state index >= 15 is 0 Å². The van der Waals surface area contributed by atoms with Gasteiger partial charge in [0.1, 0.15) is 5.01 Å². The number of halogens is 1. The Kier molecular flexibility index (Phi) is 3.61. The number of aromatic nitrogens is 2. The molecule has 0 spiro atoms. The van der Waals surface area contributed by atoms with Crippen molar-refractivity contribution >= 4 is 34.7 Å². The second-order valence-electron chi connectivity index (χ2n) is 3.00. The first-order valence-electron chi connectivity index (χ1n) is 4.42. The first-order chi connectivity index (χ1) is 7.25. The summed E-state index contributed by atoms with van der Waals surface area (Å²) in [5.41, 5.74) is 1.29. The lowest BCUT2D eigenvalue weighted by Crippen LogP contribution is -1.81. The summed E-state index contributed by atoms with van der Waals surface area (Å²) < 4.78 is 0.510. The van der Waals surface area contributed by atoms with Crippen molar-refractivity contribution in [1.29, 1.82) is 0 Å². The zero-order valence-electron chi connectivity index (χ0n) is 8.11. The third kappa shape index (κ3) is 2.93. The predicted molar refractivity (Wildman–Crippen MR) is 65.7 cm³/mol. The fourth-order valence-corrected chi connectivity index (χ4v) is 3.03. The summed E-state index contributed by atoms with van der Waals surface area (Å²) >= 11 is 8.91. The molecule has 0 aliphatic carbocycles. The van der Waals surface area contributed by atoms with Gasteiger partial charge in [-0.3, -0.25) is 0 Å². The van der Waals surface area contributed by atoms with Crippen molar-refractivity contribution in [2.24, 2.45) is 0 Å². The summed E-state index contributed by atoms with van der Waals surface area (Å²) in [7, 11) is 0. The number of hydrogen-bond acceptors (Lipinski definition) is 4. The van der Waals surface area contributed by atoms with Gasteiger partial charge < -0.3 is 0 Å². The second-order valence-corrected chi connectivity index (χ2v) is 5.66. The van der Waals surface area contributed by atoms with E-state index in [1.165, 1.54) is 21.8 Å². The van der Waals surface area contributed by atoms with Gasteiger partial charge in [0.25, 0.3) is 0 Å². The van der Waals surface area contributed by atoms with Crippen LogP contribution in [-0.2, 0) is 5.75 Å². The summed E-state index contributed by atoms with van der Waals surface area (Å²) in [6, 6.07) is 8.31. The van der Waals surface area contributed by atoms with Crippen molar-refractivity contribution in [3.8, 4) is 0 Å². The first kappa shape index (κ1) is 10.9. The van der Waals surface area contributed by atoms with Crippen LogP contribution in [0.1, 0.15) is 10.6 Å². The van der Waals surface area contributed by atoms with Gasteiger partial charge >= 0.3 is 0 Å². The molecule has 0 N–H and O–H groups in total. The molecule has 0 saturated heterocycles. The van der Waals surface area contributed by atoms with Crippen LogP contribution in [0, 0.1) is 6.92 Å². The third-order valence-electron chi connectivity index (χ3n) is 1.89. The standard InChI is InChI=1S/C10H9ClN2S2/c1-7-4-2-3-5-8(7)14-6-9-12-13-10(11)15-9/h2-5H,6H2,1H3. The monoisotopic (exact) mass is 256 g/mol. The Morgan fingerprint density at radius 3 is 2.80 bits per heavy atom. The lowest BCUT2D eigenvalue weighted by Gasteiger charge is -2.02. The molecule has 0 bridgehead atoms. The Morgan fingerprint density at radius 2 is 2.13 bits per heavy atom. The SMILES string of the molecule is Cc1ccccc1SCc1nnc(Cl)s1. The highest BCUT2D eigenvalue weighted by Crippen LogP contribution is 2.27. The van der Waals surface area contributed by atoms with Gasteiger partial charge in [0, 0.05) is 4.90 Å². The van der Waals surface area contributed by atoms with Crippen molar-refractivity contribution in [3.05, 3.63) is 39.3 Å². The Bertz CT molecular complexity index is 456. The fourth-order valence-electron chi connectivity index (χ4n) is 1.15. The molecule has 0 amide bonds. The van der Waals surface area contributed by atoms with E-state index in [9.17, 15) is 0 Å². The topological polar surface area (TPSA) is 25.8 Å². The molecule has 0 atom stereocenters. The summed E-state index contributed by atoms with van der Waals surface area (Å²) in [6.07, 6.45) is 0. The van der Waals surface area contributed by atoms with Gasteiger partial charge in [0.2, 0.25) is 4.47 Å². The van der Waals surface area contributed by atoms with Gasteiger partial charge in [0.15, 0.2) is 0 Å². The molecule has 2 aromatic rings. The van der Waals surface area contributed by atoms with E-state index in [1.807, 2.05) is 12.1 Å². The van der Waals surface area contributed by atoms with Crippen molar-refractivity contribution in [1.82, 2.24) is 10.2 Å². The van der Waals surface area contributed by atoms with Gasteiger partial charge in [-0.2, -0.15) is 0 Å². The molecule has 2 rings (SSSR count). The van der Waals surface area contributed by atoms with Gasteiger partial charge in [-0.05, 0) is 30.2 Å². The number of nitrogens with zero attached hydrogens (tertiary/aromatic N) is 2. The minimum Gasteiger partial charge on any atom is -0.141 e. The van der Waals surface area contributed by atoms with Crippen LogP contribution in [0.15, 0.2) is 29.2 Å². The highest BCUT2D eigenvalue weighted by Gasteiger charge is 2.03. The quantitative estimate of drug-likeness (QED) is 0.782. The van der Waals surface area contributed by atoms with E-state index in [0.29, 0.717) is 4.47 Å². The molecular formula is C10H9ClN2S2. The zero-order valence-corrected chi connectivity index (χ0v) is 10.5. The van der Waals surface area contributed by atoms with Crippen molar-refractivity contribution in [2.45, 2.75) is 17.6 Å². The van der Waals surface area contributed by atoms with E-state index in [1.54, 1.807) is 11.8 Å². The molecule has 1 aromatic heterocycles. The molecule has 15 heavy (non-hydrogen) atoms. The molecule has 0 saturated carbocycles. The average Bonchev–Trinajstić information content (AvgIpc) is 2.63. The molecule has 78 valence electrons. The van der Waals surface area contributed by atoms with Gasteiger partial charge in [-0.1, -0.05) is 29.5 Å². The molecule has 1 heterocycles. The number of rotatable bonds is 3. The summed E-state index contributed by atoms with van der Waals surface area (Å²) in [5, 5.41) is 8.71. The Hall–Kier alpha value is -0.580. The summed E-state index contributed by atoms with van der Waals surface area (Å²) in [6.45, 7) is 2.11. The number of aryl methyl sites for hydroxylation is 1. The summed E-state index contributed by atoms with van der Waals surface area (Å²) in [4.78, 5) is 1.28. The van der Waals surface area contributed by atoms with Crippen molar-refractivity contribution < 1.29 is 0 Å². The molecule has 0 radical (unpaired) electrons. The van der Waals surface area contributed by atoms with Crippen LogP contribution >= 0.6 is 34.7 Å². The van der Waals surface area contributed by atoms with Gasteiger partial charge in [-0.25, -0.2) is 0 Å². The zero-order chi connectivity index (χ0) is 10.7. The summed E-state index contributed by atoms with van der Waals surface area (Å²) in [5.74, 6) is 0.829. The highest BCUT2D eigenvalue weighted by molar-refractivity contribution is 7.98. The third-order valence-corrected chi connectivity index (χ3v) is 4.28. The molecule has 5 heteroatoms. The Morgan fingerprint density at radius 1 is 1.33 bits per heavy atom. The molecular weight excluding hydrogens is 248 g/mol. The van der Waals surface area contributed by atoms with E-state index in [-0.39, 0.29) is 0 Å². The van der Waals surface area contributed by atoms with Crippen LogP contribution in [0.3, 0.4) is 0 Å². The van der Waals surface area contributed by atoms with E-state index in [2.05, 4.69) is 29.3 Å². The first-order valence-corrected chi connectivity index (χ1v) is 6.60. The average molecular weight is 257 g/mol. The van der Waals surface area contributed by atoms with Crippen molar-refractivity contribution in [2.75, 3.05) is 0 Å². The van der Waals surface area contributed by atoms with Gasteiger partial charge in [-0.15, -0.1) is 22.0 Å². The van der Waals surface area contributed by atoms with Crippen LogP contribution in [0.4, 0.5) is 0 Å². The largest absolute Gasteiger partial charge is 0.207 e. The lowest BCUT2D eigenvalue weighted by molar-refractivity contribution is 1.04. The van der Waals surface area contributed by atoms with Crippen LogP contribution in [0.5, 0.6) is 0 Å². The fraction of sp³-hybridized carbons (Fsp3) is 0.200. The number of thioether (sulfide) groups is 1. The molecule has 0 unspecified atom stereocenters. The molecule has 2 nitrogen and oxygen atoms in total. The molecule has 1 aromatic carbocycles. The van der Waals surface area contributed by atoms with Crippen LogP contribution in [0.2, 0.25) is 4.47 Å². The highest BCUT2D eigenvalue weighted by atomic mass is 35.5. The van der Waals surface area contributed by atoms with Crippen LogP contribution in [-0.4, -0.2) is 10.2 Å². The Balaban J connectivity index is 2.02. The maximum Gasteiger partial charge on any atom is 0.207 e. The number of benzene rings is 1. The maximum atomic E-state index is 5.71. The van der Waals surface area contributed by atoms with Crippen molar-refractivity contribution in [3.63, 3.8) is 0 Å². The smallest absolute Gasteiger partial charge is 0.141 e. The minimum atomic E-state index is 0.510. The van der Waals surface area contributed by atoms with Crippen LogP contribution in [0.25, 0.3) is 0 Å². The van der Waals surface area contributed by atoms with E-state index in [4.69, 9.17) is 11.6 Å². The van der Waals surface area contributed by atoms with E-state index < -0.39 is 0 Å². The Labute approximate surface area is 102 Å². The second kappa shape index (κ2) is 4.96. The maximum absolute atomic E-state index is 5.71. The normalized spacial score (nSPS) is 10.5. The minimum absolute atomic E-state index is 0.510. The van der Waals surface area contributed by atoms with Gasteiger partial charge in [0.05, 0.1) is 5.75 Å². The lowest BCUT2D eigenvalue weighted by atomic mass is 10.2. The molecule has 0 aliphatic rings. The van der Waals surface area contributed by atoms with Crippen LogP contribution < -0.4 is 0 Å². The number of hydrogen-bond donors (Lipinski definition) is 0. The molecule has 0 fully saturated rings. The van der Waals surface area contributed by atoms with E-state index in [0.717, 1.165) is 10.8 Å². The molecule has 0 aliphatic heterocycles. The predicted octanol–water partition coefficient (Wildman–Crippen LogP) is 3.79.